The Balaban J connectivity index is 2.82. The zero-order valence-corrected chi connectivity index (χ0v) is 10.4. The lowest BCUT2D eigenvalue weighted by Gasteiger charge is -2.13. The Hall–Kier alpha value is -2.10. The van der Waals surface area contributed by atoms with Crippen molar-refractivity contribution in [1.29, 1.82) is 0 Å². The molecule has 0 fully saturated rings. The Morgan fingerprint density at radius 2 is 2.06 bits per heavy atom. The normalized spacial score (nSPS) is 10.6. The second-order valence-electron chi connectivity index (χ2n) is 3.88. The number of carboxylic acids is 1. The third-order valence-electron chi connectivity index (χ3n) is 2.82. The van der Waals surface area contributed by atoms with Gasteiger partial charge in [0.2, 0.25) is 5.88 Å². The van der Waals surface area contributed by atoms with Crippen molar-refractivity contribution >= 4 is 16.9 Å². The molecule has 0 aliphatic heterocycles. The zero-order chi connectivity index (χ0) is 13.1. The highest BCUT2D eigenvalue weighted by Crippen LogP contribution is 2.28. The molecule has 1 aromatic carbocycles. The molecule has 4 heteroatoms. The highest BCUT2D eigenvalue weighted by atomic mass is 16.5. The number of carboxylic acid groups (broad SMARTS) is 1. The van der Waals surface area contributed by atoms with Crippen LogP contribution in [0.15, 0.2) is 24.3 Å². The van der Waals surface area contributed by atoms with Crippen LogP contribution >= 0.6 is 0 Å². The van der Waals surface area contributed by atoms with Gasteiger partial charge in [-0.3, -0.25) is 0 Å². The number of nitrogens with zero attached hydrogens (tertiary/aromatic N) is 1. The average molecular weight is 245 g/mol. The summed E-state index contributed by atoms with van der Waals surface area (Å²) in [5.74, 6) is -0.783. The molecular formula is C14H15NO3. The van der Waals surface area contributed by atoms with Crippen LogP contribution in [0.4, 0.5) is 0 Å². The third-order valence-corrected chi connectivity index (χ3v) is 2.82. The van der Waals surface area contributed by atoms with Gasteiger partial charge in [-0.2, -0.15) is 0 Å². The molecule has 18 heavy (non-hydrogen) atoms. The van der Waals surface area contributed by atoms with Crippen LogP contribution in [0, 0.1) is 0 Å². The Morgan fingerprint density at radius 3 is 2.67 bits per heavy atom. The summed E-state index contributed by atoms with van der Waals surface area (Å²) in [6.07, 6.45) is 0.630. The quantitative estimate of drug-likeness (QED) is 0.899. The van der Waals surface area contributed by atoms with Crippen LogP contribution in [-0.4, -0.2) is 22.7 Å². The van der Waals surface area contributed by atoms with Crippen molar-refractivity contribution in [3.8, 4) is 5.88 Å². The molecule has 0 radical (unpaired) electrons. The van der Waals surface area contributed by atoms with Gasteiger partial charge in [0.25, 0.3) is 0 Å². The summed E-state index contributed by atoms with van der Waals surface area (Å²) in [7, 11) is 0. The maximum atomic E-state index is 11.4. The van der Waals surface area contributed by atoms with Gasteiger partial charge in [0.1, 0.15) is 5.56 Å². The minimum atomic E-state index is -0.992. The molecule has 0 bridgehead atoms. The topological polar surface area (TPSA) is 59.4 Å². The number of hydrogen-bond acceptors (Lipinski definition) is 3. The van der Waals surface area contributed by atoms with E-state index in [2.05, 4.69) is 4.98 Å². The molecule has 2 aromatic rings. The summed E-state index contributed by atoms with van der Waals surface area (Å²) in [4.78, 5) is 15.7. The number of para-hydroxylation sites is 1. The molecule has 0 aliphatic rings. The van der Waals surface area contributed by atoms with Crippen molar-refractivity contribution in [2.75, 3.05) is 6.61 Å². The molecule has 4 nitrogen and oxygen atoms in total. The van der Waals surface area contributed by atoms with Crippen LogP contribution in [0.5, 0.6) is 5.88 Å². The van der Waals surface area contributed by atoms with E-state index in [-0.39, 0.29) is 11.4 Å². The summed E-state index contributed by atoms with van der Waals surface area (Å²) in [6.45, 7) is 4.15. The number of aryl methyl sites for hydroxylation is 1. The maximum absolute atomic E-state index is 11.4. The molecule has 1 N–H and O–H groups in total. The molecule has 0 atom stereocenters. The SMILES string of the molecule is CCOc1nc2ccccc2c(CC)c1C(=O)O. The van der Waals surface area contributed by atoms with Gasteiger partial charge in [0, 0.05) is 5.39 Å². The van der Waals surface area contributed by atoms with Gasteiger partial charge in [-0.1, -0.05) is 25.1 Å². The predicted molar refractivity (Wildman–Crippen MR) is 69.2 cm³/mol. The van der Waals surface area contributed by atoms with E-state index in [0.717, 1.165) is 16.5 Å². The van der Waals surface area contributed by atoms with Crippen molar-refractivity contribution in [1.82, 2.24) is 4.98 Å². The number of pyridine rings is 1. The first-order valence-electron chi connectivity index (χ1n) is 5.96. The van der Waals surface area contributed by atoms with E-state index in [1.807, 2.05) is 38.1 Å². The number of ether oxygens (including phenoxy) is 1. The average Bonchev–Trinajstić information content (AvgIpc) is 2.37. The number of aromatic nitrogens is 1. The fourth-order valence-electron chi connectivity index (χ4n) is 2.08. The minimum Gasteiger partial charge on any atom is -0.477 e. The lowest BCUT2D eigenvalue weighted by molar-refractivity contribution is 0.0690. The second kappa shape index (κ2) is 5.04. The van der Waals surface area contributed by atoms with Crippen LogP contribution in [0.3, 0.4) is 0 Å². The van der Waals surface area contributed by atoms with Crippen molar-refractivity contribution < 1.29 is 14.6 Å². The standard InChI is InChI=1S/C14H15NO3/c1-3-9-10-7-5-6-8-11(10)15-13(18-4-2)12(9)14(16)17/h5-8H,3-4H2,1-2H3,(H,16,17). The number of hydrogen-bond donors (Lipinski definition) is 1. The number of carbonyl (C=O) groups is 1. The van der Waals surface area contributed by atoms with E-state index in [9.17, 15) is 9.90 Å². The smallest absolute Gasteiger partial charge is 0.341 e. The van der Waals surface area contributed by atoms with E-state index in [0.29, 0.717) is 13.0 Å². The summed E-state index contributed by atoms with van der Waals surface area (Å²) < 4.78 is 5.36. The van der Waals surface area contributed by atoms with Crippen LogP contribution < -0.4 is 4.74 Å². The van der Waals surface area contributed by atoms with Crippen LogP contribution in [-0.2, 0) is 6.42 Å². The first kappa shape index (κ1) is 12.4. The Bertz CT molecular complexity index is 593. The summed E-state index contributed by atoms with van der Waals surface area (Å²) in [6, 6.07) is 7.52. The molecule has 0 aliphatic carbocycles. The van der Waals surface area contributed by atoms with E-state index in [1.54, 1.807) is 0 Å². The van der Waals surface area contributed by atoms with Gasteiger partial charge in [0.15, 0.2) is 0 Å². The van der Waals surface area contributed by atoms with Gasteiger partial charge in [-0.25, -0.2) is 9.78 Å². The van der Waals surface area contributed by atoms with Gasteiger partial charge >= 0.3 is 5.97 Å². The molecule has 0 amide bonds. The third kappa shape index (κ3) is 2.01. The zero-order valence-electron chi connectivity index (χ0n) is 10.4. The van der Waals surface area contributed by atoms with Crippen molar-refractivity contribution in [2.45, 2.75) is 20.3 Å². The van der Waals surface area contributed by atoms with Crippen molar-refractivity contribution in [3.63, 3.8) is 0 Å². The fourth-order valence-corrected chi connectivity index (χ4v) is 2.08. The first-order chi connectivity index (χ1) is 8.69. The monoisotopic (exact) mass is 245 g/mol. The highest BCUT2D eigenvalue weighted by Gasteiger charge is 2.20. The van der Waals surface area contributed by atoms with Crippen LogP contribution in [0.1, 0.15) is 29.8 Å². The Morgan fingerprint density at radius 1 is 1.33 bits per heavy atom. The number of benzene rings is 1. The molecule has 94 valence electrons. The summed E-state index contributed by atoms with van der Waals surface area (Å²) in [5.41, 5.74) is 1.72. The van der Waals surface area contributed by atoms with Crippen molar-refractivity contribution in [3.05, 3.63) is 35.4 Å². The second-order valence-corrected chi connectivity index (χ2v) is 3.88. The predicted octanol–water partition coefficient (Wildman–Crippen LogP) is 2.89. The lowest BCUT2D eigenvalue weighted by Crippen LogP contribution is -2.09. The number of fused-ring (bicyclic) bond motifs is 1. The van der Waals surface area contributed by atoms with Crippen LogP contribution in [0.2, 0.25) is 0 Å². The van der Waals surface area contributed by atoms with E-state index < -0.39 is 5.97 Å². The molecule has 0 saturated heterocycles. The van der Waals surface area contributed by atoms with Crippen molar-refractivity contribution in [2.24, 2.45) is 0 Å². The summed E-state index contributed by atoms with van der Waals surface area (Å²) >= 11 is 0. The molecule has 0 unspecified atom stereocenters. The first-order valence-corrected chi connectivity index (χ1v) is 5.96. The number of rotatable bonds is 4. The highest BCUT2D eigenvalue weighted by molar-refractivity contribution is 5.98. The molecule has 2 rings (SSSR count). The fraction of sp³-hybridized carbons (Fsp3) is 0.286. The largest absolute Gasteiger partial charge is 0.477 e. The Labute approximate surface area is 105 Å². The van der Waals surface area contributed by atoms with E-state index >= 15 is 0 Å². The minimum absolute atomic E-state index is 0.179. The lowest BCUT2D eigenvalue weighted by atomic mass is 10.0. The Kier molecular flexibility index (Phi) is 3.46. The molecule has 0 spiro atoms. The van der Waals surface area contributed by atoms with E-state index in [4.69, 9.17) is 4.74 Å². The van der Waals surface area contributed by atoms with Crippen LogP contribution in [0.25, 0.3) is 10.9 Å². The molecule has 1 heterocycles. The molecular weight excluding hydrogens is 230 g/mol. The van der Waals surface area contributed by atoms with Gasteiger partial charge in [0.05, 0.1) is 12.1 Å². The molecule has 0 saturated carbocycles. The van der Waals surface area contributed by atoms with Gasteiger partial charge in [-0.05, 0) is 25.0 Å². The molecule has 1 aromatic heterocycles. The van der Waals surface area contributed by atoms with Gasteiger partial charge in [-0.15, -0.1) is 0 Å². The maximum Gasteiger partial charge on any atom is 0.341 e. The van der Waals surface area contributed by atoms with Gasteiger partial charge < -0.3 is 9.84 Å². The number of aromatic carboxylic acids is 1. The summed E-state index contributed by atoms with van der Waals surface area (Å²) in [5, 5.41) is 10.2. The van der Waals surface area contributed by atoms with E-state index in [1.165, 1.54) is 0 Å².